The quantitative estimate of drug-likeness (QED) is 0.879. The average molecular weight is 269 g/mol. The van der Waals surface area contributed by atoms with Gasteiger partial charge in [0.15, 0.2) is 0 Å². The molecule has 0 heterocycles. The van der Waals surface area contributed by atoms with E-state index in [0.29, 0.717) is 12.3 Å². The Morgan fingerprint density at radius 1 is 1.20 bits per heavy atom. The predicted molar refractivity (Wildman–Crippen MR) is 76.6 cm³/mol. The molecule has 1 aliphatic rings. The van der Waals surface area contributed by atoms with Gasteiger partial charge < -0.3 is 9.84 Å². The first-order valence-electron chi connectivity index (χ1n) is 6.55. The zero-order valence-corrected chi connectivity index (χ0v) is 11.1. The molecule has 102 valence electrons. The molecule has 1 atom stereocenters. The van der Waals surface area contributed by atoms with Crippen LogP contribution >= 0.6 is 0 Å². The zero-order chi connectivity index (χ0) is 14.1. The van der Waals surface area contributed by atoms with E-state index in [9.17, 15) is 9.90 Å². The second kappa shape index (κ2) is 4.98. The van der Waals surface area contributed by atoms with E-state index in [4.69, 9.17) is 4.74 Å². The molecule has 0 unspecified atom stereocenters. The maximum Gasteiger partial charge on any atom is 0.411 e. The maximum absolute atomic E-state index is 11.4. The molecule has 4 heteroatoms. The summed E-state index contributed by atoms with van der Waals surface area (Å²) in [5, 5.41) is 13.0. The maximum atomic E-state index is 11.4. The van der Waals surface area contributed by atoms with Gasteiger partial charge in [0.2, 0.25) is 0 Å². The van der Waals surface area contributed by atoms with Crippen molar-refractivity contribution in [2.45, 2.75) is 13.0 Å². The molecule has 3 rings (SSSR count). The van der Waals surface area contributed by atoms with E-state index in [1.807, 2.05) is 36.4 Å². The largest absolute Gasteiger partial charge is 0.450 e. The molecule has 20 heavy (non-hydrogen) atoms. The third-order valence-electron chi connectivity index (χ3n) is 3.41. The fraction of sp³-hybridized carbons (Fsp3) is 0.188. The number of hydrogen-bond acceptors (Lipinski definition) is 3. The molecule has 2 aromatic rings. The van der Waals surface area contributed by atoms with Crippen molar-refractivity contribution in [2.75, 3.05) is 11.9 Å². The SMILES string of the molecule is CCOC(=O)Nc1ccc2c(c1)[C@H](O)c1ccccc1-2. The summed E-state index contributed by atoms with van der Waals surface area (Å²) in [5.74, 6) is 0. The molecular weight excluding hydrogens is 254 g/mol. The highest BCUT2D eigenvalue weighted by atomic mass is 16.5. The molecule has 2 N–H and O–H groups in total. The lowest BCUT2D eigenvalue weighted by Crippen LogP contribution is -2.13. The van der Waals surface area contributed by atoms with Gasteiger partial charge >= 0.3 is 6.09 Å². The van der Waals surface area contributed by atoms with Crippen LogP contribution in [0.1, 0.15) is 24.2 Å². The van der Waals surface area contributed by atoms with Crippen LogP contribution in [0.2, 0.25) is 0 Å². The van der Waals surface area contributed by atoms with E-state index in [1.165, 1.54) is 0 Å². The molecule has 0 radical (unpaired) electrons. The van der Waals surface area contributed by atoms with E-state index in [2.05, 4.69) is 5.32 Å². The van der Waals surface area contributed by atoms with Crippen LogP contribution in [0.25, 0.3) is 11.1 Å². The van der Waals surface area contributed by atoms with Crippen molar-refractivity contribution in [3.8, 4) is 11.1 Å². The van der Waals surface area contributed by atoms with Gasteiger partial charge in [-0.1, -0.05) is 30.3 Å². The number of anilines is 1. The first-order valence-corrected chi connectivity index (χ1v) is 6.55. The van der Waals surface area contributed by atoms with Crippen molar-refractivity contribution in [3.05, 3.63) is 53.6 Å². The lowest BCUT2D eigenvalue weighted by Gasteiger charge is -2.09. The molecule has 0 bridgehead atoms. The van der Waals surface area contributed by atoms with Gasteiger partial charge in [0.1, 0.15) is 6.10 Å². The summed E-state index contributed by atoms with van der Waals surface area (Å²) < 4.78 is 4.84. The summed E-state index contributed by atoms with van der Waals surface area (Å²) in [6, 6.07) is 13.3. The van der Waals surface area contributed by atoms with Gasteiger partial charge in [-0.3, -0.25) is 5.32 Å². The van der Waals surface area contributed by atoms with Gasteiger partial charge in [0, 0.05) is 5.69 Å². The van der Waals surface area contributed by atoms with Gasteiger partial charge in [-0.05, 0) is 41.3 Å². The molecule has 0 saturated carbocycles. The summed E-state index contributed by atoms with van der Waals surface area (Å²) in [4.78, 5) is 11.4. The number of nitrogens with one attached hydrogen (secondary N) is 1. The monoisotopic (exact) mass is 269 g/mol. The Labute approximate surface area is 117 Å². The Morgan fingerprint density at radius 3 is 2.75 bits per heavy atom. The number of carbonyl (C=O) groups is 1. The summed E-state index contributed by atoms with van der Waals surface area (Å²) in [5.41, 5.74) is 4.37. The van der Waals surface area contributed by atoms with Crippen LogP contribution in [0.15, 0.2) is 42.5 Å². The summed E-state index contributed by atoms with van der Waals surface area (Å²) >= 11 is 0. The summed E-state index contributed by atoms with van der Waals surface area (Å²) in [6.45, 7) is 2.08. The topological polar surface area (TPSA) is 58.6 Å². The Hall–Kier alpha value is -2.33. The fourth-order valence-corrected chi connectivity index (χ4v) is 2.55. The number of rotatable bonds is 2. The highest BCUT2D eigenvalue weighted by molar-refractivity contribution is 5.87. The highest BCUT2D eigenvalue weighted by Gasteiger charge is 2.26. The smallest absolute Gasteiger partial charge is 0.411 e. The normalized spacial score (nSPS) is 15.4. The van der Waals surface area contributed by atoms with Crippen LogP contribution in [0.3, 0.4) is 0 Å². The molecule has 0 saturated heterocycles. The Balaban J connectivity index is 1.94. The van der Waals surface area contributed by atoms with Crippen LogP contribution in [0.4, 0.5) is 10.5 Å². The van der Waals surface area contributed by atoms with Gasteiger partial charge in [0.25, 0.3) is 0 Å². The molecule has 0 fully saturated rings. The third kappa shape index (κ3) is 2.04. The second-order valence-electron chi connectivity index (χ2n) is 4.64. The summed E-state index contributed by atoms with van der Waals surface area (Å²) in [6.07, 6.45) is -1.14. The minimum Gasteiger partial charge on any atom is -0.450 e. The number of ether oxygens (including phenoxy) is 1. The van der Waals surface area contributed by atoms with Gasteiger partial charge in [-0.2, -0.15) is 0 Å². The van der Waals surface area contributed by atoms with Crippen molar-refractivity contribution in [2.24, 2.45) is 0 Å². The molecule has 1 aliphatic carbocycles. The Bertz CT molecular complexity index is 667. The van der Waals surface area contributed by atoms with Crippen molar-refractivity contribution < 1.29 is 14.6 Å². The number of carbonyl (C=O) groups excluding carboxylic acids is 1. The molecule has 4 nitrogen and oxygen atoms in total. The minimum atomic E-state index is -0.648. The second-order valence-corrected chi connectivity index (χ2v) is 4.64. The van der Waals surface area contributed by atoms with Crippen molar-refractivity contribution in [1.29, 1.82) is 0 Å². The van der Waals surface area contributed by atoms with Crippen molar-refractivity contribution in [3.63, 3.8) is 0 Å². The van der Waals surface area contributed by atoms with Gasteiger partial charge in [0.05, 0.1) is 6.61 Å². The highest BCUT2D eigenvalue weighted by Crippen LogP contribution is 2.44. The predicted octanol–water partition coefficient (Wildman–Crippen LogP) is 3.32. The molecule has 2 aromatic carbocycles. The number of fused-ring (bicyclic) bond motifs is 3. The van der Waals surface area contributed by atoms with E-state index < -0.39 is 12.2 Å². The Morgan fingerprint density at radius 2 is 1.95 bits per heavy atom. The Kier molecular flexibility index (Phi) is 3.16. The molecule has 0 aromatic heterocycles. The molecular formula is C16H15NO3. The van der Waals surface area contributed by atoms with E-state index >= 15 is 0 Å². The number of aliphatic hydroxyl groups excluding tert-OH is 1. The average Bonchev–Trinajstić information content (AvgIpc) is 2.73. The van der Waals surface area contributed by atoms with Crippen molar-refractivity contribution in [1.82, 2.24) is 0 Å². The van der Waals surface area contributed by atoms with Crippen LogP contribution < -0.4 is 5.32 Å². The van der Waals surface area contributed by atoms with E-state index in [1.54, 1.807) is 13.0 Å². The number of hydrogen-bond donors (Lipinski definition) is 2. The first kappa shape index (κ1) is 12.7. The fourth-order valence-electron chi connectivity index (χ4n) is 2.55. The van der Waals surface area contributed by atoms with Crippen LogP contribution in [-0.4, -0.2) is 17.8 Å². The molecule has 0 aliphatic heterocycles. The summed E-state index contributed by atoms with van der Waals surface area (Å²) in [7, 11) is 0. The van der Waals surface area contributed by atoms with Crippen LogP contribution in [-0.2, 0) is 4.74 Å². The van der Waals surface area contributed by atoms with Gasteiger partial charge in [-0.25, -0.2) is 4.79 Å². The lowest BCUT2D eigenvalue weighted by atomic mass is 10.1. The number of aliphatic hydroxyl groups is 1. The number of benzene rings is 2. The minimum absolute atomic E-state index is 0.324. The first-order chi connectivity index (χ1) is 9.70. The molecule has 0 spiro atoms. The van der Waals surface area contributed by atoms with E-state index in [-0.39, 0.29) is 0 Å². The zero-order valence-electron chi connectivity index (χ0n) is 11.1. The third-order valence-corrected chi connectivity index (χ3v) is 3.41. The standard InChI is InChI=1S/C16H15NO3/c1-2-20-16(19)17-10-7-8-12-11-5-3-4-6-13(11)15(18)14(12)9-10/h3-9,15,18H,2H2,1H3,(H,17,19)/t15-/m1/s1. The van der Waals surface area contributed by atoms with E-state index in [0.717, 1.165) is 22.3 Å². The van der Waals surface area contributed by atoms with Crippen molar-refractivity contribution >= 4 is 11.8 Å². The number of amides is 1. The molecule has 1 amide bonds. The van der Waals surface area contributed by atoms with Gasteiger partial charge in [-0.15, -0.1) is 0 Å². The lowest BCUT2D eigenvalue weighted by molar-refractivity contribution is 0.168. The van der Waals surface area contributed by atoms with Crippen LogP contribution in [0.5, 0.6) is 0 Å². The van der Waals surface area contributed by atoms with Crippen LogP contribution in [0, 0.1) is 0 Å².